The van der Waals surface area contributed by atoms with Gasteiger partial charge in [-0.25, -0.2) is 13.2 Å². The first kappa shape index (κ1) is 19.0. The highest BCUT2D eigenvalue weighted by atomic mass is 32.2. The maximum Gasteiger partial charge on any atom is 0.411 e. The van der Waals surface area contributed by atoms with E-state index in [9.17, 15) is 23.1 Å². The van der Waals surface area contributed by atoms with Gasteiger partial charge in [-0.05, 0) is 31.0 Å². The van der Waals surface area contributed by atoms with Crippen LogP contribution in [0, 0.1) is 5.92 Å². The topological polar surface area (TPSA) is 107 Å². The summed E-state index contributed by atoms with van der Waals surface area (Å²) in [6.45, 7) is 5.79. The lowest BCUT2D eigenvalue weighted by Crippen LogP contribution is -2.52. The summed E-state index contributed by atoms with van der Waals surface area (Å²) in [5, 5.41) is 9.44. The molecule has 1 aliphatic heterocycles. The van der Waals surface area contributed by atoms with Gasteiger partial charge in [0.25, 0.3) is 0 Å². The van der Waals surface area contributed by atoms with E-state index in [1.165, 1.54) is 23.1 Å². The summed E-state index contributed by atoms with van der Waals surface area (Å²) in [7, 11) is -3.49. The van der Waals surface area contributed by atoms with Gasteiger partial charge >= 0.3 is 6.09 Å². The van der Waals surface area contributed by atoms with Crippen molar-refractivity contribution in [2.75, 3.05) is 27.3 Å². The molecule has 0 aliphatic carbocycles. The van der Waals surface area contributed by atoms with Crippen LogP contribution in [-0.4, -0.2) is 44.4 Å². The summed E-state index contributed by atoms with van der Waals surface area (Å²) in [5.41, 5.74) is 1.03. The van der Waals surface area contributed by atoms with Crippen molar-refractivity contribution >= 4 is 39.1 Å². The van der Waals surface area contributed by atoms with Crippen molar-refractivity contribution < 1.29 is 23.1 Å². The molecule has 1 heterocycles. The van der Waals surface area contributed by atoms with Gasteiger partial charge in [0.05, 0.1) is 29.4 Å². The Labute approximate surface area is 147 Å². The quantitative estimate of drug-likeness (QED) is 0.847. The van der Waals surface area contributed by atoms with Gasteiger partial charge in [-0.2, -0.15) is 0 Å². The minimum Gasteiger partial charge on any atom is -0.465 e. The molecule has 1 aliphatic rings. The van der Waals surface area contributed by atoms with Crippen molar-refractivity contribution in [2.24, 2.45) is 5.92 Å². The van der Waals surface area contributed by atoms with E-state index < -0.39 is 16.1 Å². The summed E-state index contributed by atoms with van der Waals surface area (Å²) in [6.07, 6.45) is 0.230. The third-order valence-electron chi connectivity index (χ3n) is 3.80. The average molecular weight is 369 g/mol. The molecule has 2 amide bonds. The second-order valence-electron chi connectivity index (χ2n) is 6.68. The third-order valence-corrected chi connectivity index (χ3v) is 4.41. The molecule has 0 bridgehead atoms. The summed E-state index contributed by atoms with van der Waals surface area (Å²) in [6, 6.07) is 4.14. The standard InChI is InChI=1S/C16H23N3O5S/c1-10(2)7-15(20)19-11(3)9-18(16(21)22)13-6-5-12(8-14(13)19)17-25(4,23)24/h5-6,8,10-11,17H,7,9H2,1-4H3,(H,21,22)/t11-/m0/s1. The van der Waals surface area contributed by atoms with Crippen LogP contribution in [-0.2, 0) is 14.8 Å². The van der Waals surface area contributed by atoms with E-state index in [1.807, 2.05) is 13.8 Å². The van der Waals surface area contributed by atoms with Crippen LogP contribution in [0.15, 0.2) is 18.2 Å². The molecular weight excluding hydrogens is 346 g/mol. The Balaban J connectivity index is 2.54. The zero-order valence-electron chi connectivity index (χ0n) is 14.7. The molecule has 8 nitrogen and oxygen atoms in total. The first-order valence-corrected chi connectivity index (χ1v) is 9.83. The van der Waals surface area contributed by atoms with Crippen LogP contribution < -0.4 is 14.5 Å². The monoisotopic (exact) mass is 369 g/mol. The Bertz CT molecular complexity index is 791. The fourth-order valence-corrected chi connectivity index (χ4v) is 3.47. The molecule has 0 saturated carbocycles. The number of benzene rings is 1. The first-order valence-electron chi connectivity index (χ1n) is 7.94. The summed E-state index contributed by atoms with van der Waals surface area (Å²) >= 11 is 0. The van der Waals surface area contributed by atoms with Gasteiger partial charge in [-0.15, -0.1) is 0 Å². The Morgan fingerprint density at radius 1 is 1.32 bits per heavy atom. The van der Waals surface area contributed by atoms with Gasteiger partial charge in [0.2, 0.25) is 15.9 Å². The molecule has 0 fully saturated rings. The third kappa shape index (κ3) is 4.41. The molecule has 138 valence electrons. The van der Waals surface area contributed by atoms with Crippen molar-refractivity contribution in [1.82, 2.24) is 0 Å². The molecule has 2 rings (SSSR count). The molecule has 1 aromatic carbocycles. The molecule has 0 aromatic heterocycles. The van der Waals surface area contributed by atoms with E-state index in [-0.39, 0.29) is 30.1 Å². The minimum atomic E-state index is -3.49. The van der Waals surface area contributed by atoms with E-state index in [2.05, 4.69) is 4.72 Å². The number of nitrogens with zero attached hydrogens (tertiary/aromatic N) is 2. The number of rotatable bonds is 4. The van der Waals surface area contributed by atoms with Crippen LogP contribution in [0.3, 0.4) is 0 Å². The Kier molecular flexibility index (Phi) is 5.26. The highest BCUT2D eigenvalue weighted by molar-refractivity contribution is 7.92. The van der Waals surface area contributed by atoms with Gasteiger partial charge in [0, 0.05) is 13.0 Å². The van der Waals surface area contributed by atoms with E-state index in [0.29, 0.717) is 17.8 Å². The molecular formula is C16H23N3O5S. The Morgan fingerprint density at radius 3 is 2.48 bits per heavy atom. The first-order chi connectivity index (χ1) is 11.5. The maximum atomic E-state index is 12.7. The highest BCUT2D eigenvalue weighted by Crippen LogP contribution is 2.38. The number of hydrogen-bond donors (Lipinski definition) is 2. The second-order valence-corrected chi connectivity index (χ2v) is 8.43. The van der Waals surface area contributed by atoms with Crippen LogP contribution >= 0.6 is 0 Å². The van der Waals surface area contributed by atoms with E-state index in [4.69, 9.17) is 0 Å². The van der Waals surface area contributed by atoms with Crippen molar-refractivity contribution in [3.8, 4) is 0 Å². The summed E-state index contributed by atoms with van der Waals surface area (Å²) < 4.78 is 25.3. The van der Waals surface area contributed by atoms with Gasteiger partial charge in [-0.1, -0.05) is 13.8 Å². The lowest BCUT2D eigenvalue weighted by atomic mass is 10.0. The van der Waals surface area contributed by atoms with Crippen molar-refractivity contribution in [2.45, 2.75) is 33.2 Å². The largest absolute Gasteiger partial charge is 0.465 e. The molecule has 0 spiro atoms. The smallest absolute Gasteiger partial charge is 0.411 e. The van der Waals surface area contributed by atoms with Crippen LogP contribution in [0.4, 0.5) is 21.9 Å². The number of anilines is 3. The second kappa shape index (κ2) is 6.91. The summed E-state index contributed by atoms with van der Waals surface area (Å²) in [4.78, 5) is 26.9. The van der Waals surface area contributed by atoms with Crippen molar-refractivity contribution in [3.63, 3.8) is 0 Å². The maximum absolute atomic E-state index is 12.7. The highest BCUT2D eigenvalue weighted by Gasteiger charge is 2.35. The number of carbonyl (C=O) groups is 2. The van der Waals surface area contributed by atoms with Crippen LogP contribution in [0.2, 0.25) is 0 Å². The fraction of sp³-hybridized carbons (Fsp3) is 0.500. The lowest BCUT2D eigenvalue weighted by Gasteiger charge is -2.40. The fourth-order valence-electron chi connectivity index (χ4n) is 2.91. The molecule has 0 unspecified atom stereocenters. The number of carboxylic acid groups (broad SMARTS) is 1. The number of sulfonamides is 1. The number of amides is 2. The van der Waals surface area contributed by atoms with E-state index in [0.717, 1.165) is 6.26 Å². The number of nitrogens with one attached hydrogen (secondary N) is 1. The lowest BCUT2D eigenvalue weighted by molar-refractivity contribution is -0.119. The Morgan fingerprint density at radius 2 is 1.96 bits per heavy atom. The van der Waals surface area contributed by atoms with Crippen LogP contribution in [0.1, 0.15) is 27.2 Å². The Hall–Kier alpha value is -2.29. The van der Waals surface area contributed by atoms with Crippen LogP contribution in [0.25, 0.3) is 0 Å². The zero-order chi connectivity index (χ0) is 18.9. The number of fused-ring (bicyclic) bond motifs is 1. The molecule has 1 aromatic rings. The van der Waals surface area contributed by atoms with Gasteiger partial charge in [0.1, 0.15) is 0 Å². The van der Waals surface area contributed by atoms with Crippen molar-refractivity contribution in [3.05, 3.63) is 18.2 Å². The molecule has 1 atom stereocenters. The predicted molar refractivity (Wildman–Crippen MR) is 96.7 cm³/mol. The number of carbonyl (C=O) groups excluding carboxylic acids is 1. The summed E-state index contributed by atoms with van der Waals surface area (Å²) in [5.74, 6) is 0.0308. The molecule has 0 saturated heterocycles. The molecule has 25 heavy (non-hydrogen) atoms. The molecule has 9 heteroatoms. The van der Waals surface area contributed by atoms with Gasteiger partial charge < -0.3 is 10.0 Å². The minimum absolute atomic E-state index is 0.120. The predicted octanol–water partition coefficient (Wildman–Crippen LogP) is 2.32. The van der Waals surface area contributed by atoms with Crippen molar-refractivity contribution in [1.29, 1.82) is 0 Å². The number of hydrogen-bond acceptors (Lipinski definition) is 4. The SMILES string of the molecule is CC(C)CC(=O)N1c2cc(NS(C)(=O)=O)ccc2N(C(=O)O)C[C@@H]1C. The zero-order valence-corrected chi connectivity index (χ0v) is 15.5. The van der Waals surface area contributed by atoms with Crippen LogP contribution in [0.5, 0.6) is 0 Å². The van der Waals surface area contributed by atoms with E-state index >= 15 is 0 Å². The van der Waals surface area contributed by atoms with E-state index in [1.54, 1.807) is 11.8 Å². The van der Waals surface area contributed by atoms with Gasteiger partial charge in [-0.3, -0.25) is 14.4 Å². The normalized spacial score (nSPS) is 17.4. The molecule has 0 radical (unpaired) electrons. The molecule has 2 N–H and O–H groups in total. The van der Waals surface area contributed by atoms with Gasteiger partial charge in [0.15, 0.2) is 0 Å². The average Bonchev–Trinajstić information content (AvgIpc) is 2.43.